The molecule has 0 saturated heterocycles. The molecule has 16 heavy (non-hydrogen) atoms. The lowest BCUT2D eigenvalue weighted by Gasteiger charge is -2.19. The molecular weight excluding hydrogens is 207 g/mol. The van der Waals surface area contributed by atoms with Crippen LogP contribution >= 0.6 is 0 Å². The smallest absolute Gasteiger partial charge is 0.489 e. The maximum absolute atomic E-state index is 9.22. The van der Waals surface area contributed by atoms with Crippen LogP contribution in [-0.2, 0) is 0 Å². The number of hydrogen-bond donors (Lipinski definition) is 2. The molecule has 2 rings (SSSR count). The molecule has 86 valence electrons. The summed E-state index contributed by atoms with van der Waals surface area (Å²) < 4.78 is 11.2. The van der Waals surface area contributed by atoms with E-state index in [0.717, 1.165) is 0 Å². The van der Waals surface area contributed by atoms with Crippen LogP contribution in [0.3, 0.4) is 0 Å². The van der Waals surface area contributed by atoms with Crippen LogP contribution in [0.2, 0.25) is 0 Å². The van der Waals surface area contributed by atoms with Gasteiger partial charge in [-0.3, -0.25) is 0 Å². The third kappa shape index (κ3) is 2.15. The first-order chi connectivity index (χ1) is 7.49. The fraction of sp³-hybridized carbons (Fsp3) is 0.455. The second kappa shape index (κ2) is 3.99. The zero-order chi connectivity index (χ0) is 11.8. The van der Waals surface area contributed by atoms with E-state index in [-0.39, 0.29) is 5.41 Å². The van der Waals surface area contributed by atoms with E-state index in [2.05, 4.69) is 0 Å². The van der Waals surface area contributed by atoms with Crippen LogP contribution in [0.25, 0.3) is 0 Å². The average Bonchev–Trinajstić information content (AvgIpc) is 2.38. The van der Waals surface area contributed by atoms with Crippen LogP contribution in [0.4, 0.5) is 0 Å². The molecule has 0 radical (unpaired) electrons. The van der Waals surface area contributed by atoms with Gasteiger partial charge in [0, 0.05) is 10.9 Å². The average molecular weight is 222 g/mol. The summed E-state index contributed by atoms with van der Waals surface area (Å²) in [6, 6.07) is 5.10. The van der Waals surface area contributed by atoms with Gasteiger partial charge in [0.1, 0.15) is 0 Å². The molecule has 5 heteroatoms. The van der Waals surface area contributed by atoms with Gasteiger partial charge in [-0.25, -0.2) is 0 Å². The van der Waals surface area contributed by atoms with Gasteiger partial charge in [-0.1, -0.05) is 26.0 Å². The number of hydrogen-bond acceptors (Lipinski definition) is 4. The minimum Gasteiger partial charge on any atom is -0.489 e. The van der Waals surface area contributed by atoms with Crippen molar-refractivity contribution in [3.05, 3.63) is 18.2 Å². The summed E-state index contributed by atoms with van der Waals surface area (Å²) in [4.78, 5) is 0. The molecule has 0 aromatic heterocycles. The van der Waals surface area contributed by atoms with E-state index in [1.165, 1.54) is 0 Å². The van der Waals surface area contributed by atoms with Gasteiger partial charge in [0.05, 0.1) is 13.2 Å². The van der Waals surface area contributed by atoms with Gasteiger partial charge in [-0.15, -0.1) is 0 Å². The van der Waals surface area contributed by atoms with E-state index in [1.807, 2.05) is 13.8 Å². The number of rotatable bonds is 1. The Morgan fingerprint density at radius 3 is 2.56 bits per heavy atom. The van der Waals surface area contributed by atoms with Crippen LogP contribution in [-0.4, -0.2) is 30.4 Å². The van der Waals surface area contributed by atoms with Crippen molar-refractivity contribution in [3.8, 4) is 11.5 Å². The molecular formula is C11H15BO4. The summed E-state index contributed by atoms with van der Waals surface area (Å²) in [6.07, 6.45) is 0. The van der Waals surface area contributed by atoms with Crippen molar-refractivity contribution in [2.24, 2.45) is 5.41 Å². The first-order valence-electron chi connectivity index (χ1n) is 5.24. The van der Waals surface area contributed by atoms with Gasteiger partial charge in [0.25, 0.3) is 0 Å². The van der Waals surface area contributed by atoms with Gasteiger partial charge in [0.2, 0.25) is 0 Å². The zero-order valence-corrected chi connectivity index (χ0v) is 9.43. The summed E-state index contributed by atoms with van der Waals surface area (Å²) >= 11 is 0. The number of ether oxygens (including phenoxy) is 2. The summed E-state index contributed by atoms with van der Waals surface area (Å²) in [6.45, 7) is 5.11. The molecule has 0 aliphatic carbocycles. The van der Waals surface area contributed by atoms with Crippen molar-refractivity contribution >= 4 is 12.6 Å². The van der Waals surface area contributed by atoms with Crippen LogP contribution < -0.4 is 14.9 Å². The summed E-state index contributed by atoms with van der Waals surface area (Å²) in [7, 11) is -1.54. The first-order valence-corrected chi connectivity index (χ1v) is 5.24. The van der Waals surface area contributed by atoms with E-state index >= 15 is 0 Å². The van der Waals surface area contributed by atoms with Gasteiger partial charge < -0.3 is 19.5 Å². The van der Waals surface area contributed by atoms with Crippen LogP contribution in [0.5, 0.6) is 11.5 Å². The van der Waals surface area contributed by atoms with E-state index in [9.17, 15) is 10.0 Å². The second-order valence-electron chi connectivity index (χ2n) is 4.79. The van der Waals surface area contributed by atoms with Crippen molar-refractivity contribution in [2.45, 2.75) is 13.8 Å². The molecule has 0 bridgehead atoms. The molecule has 1 aromatic carbocycles. The van der Waals surface area contributed by atoms with Crippen molar-refractivity contribution in [1.29, 1.82) is 0 Å². The third-order valence-corrected chi connectivity index (χ3v) is 2.51. The molecule has 0 saturated carbocycles. The van der Waals surface area contributed by atoms with Crippen LogP contribution in [0.15, 0.2) is 18.2 Å². The SMILES string of the molecule is CC1(C)COc2cccc(B(O)O)c2OC1. The van der Waals surface area contributed by atoms with Crippen molar-refractivity contribution in [2.75, 3.05) is 13.2 Å². The Labute approximate surface area is 95.0 Å². The Kier molecular flexibility index (Phi) is 2.82. The fourth-order valence-corrected chi connectivity index (χ4v) is 1.59. The summed E-state index contributed by atoms with van der Waals surface area (Å²) in [5.41, 5.74) is 0.256. The Hall–Kier alpha value is -1.20. The largest absolute Gasteiger partial charge is 0.492 e. The maximum atomic E-state index is 9.22. The molecule has 1 aromatic rings. The third-order valence-electron chi connectivity index (χ3n) is 2.51. The molecule has 1 aliphatic heterocycles. The topological polar surface area (TPSA) is 58.9 Å². The maximum Gasteiger partial charge on any atom is 0.492 e. The Morgan fingerprint density at radius 1 is 1.19 bits per heavy atom. The molecule has 0 atom stereocenters. The predicted octanol–water partition coefficient (Wildman–Crippen LogP) is 0.164. The van der Waals surface area contributed by atoms with Crippen molar-refractivity contribution in [3.63, 3.8) is 0 Å². The van der Waals surface area contributed by atoms with Gasteiger partial charge >= 0.3 is 7.12 Å². The molecule has 0 amide bonds. The molecule has 1 aliphatic rings. The molecule has 2 N–H and O–H groups in total. The lowest BCUT2D eigenvalue weighted by atomic mass is 9.79. The monoisotopic (exact) mass is 222 g/mol. The van der Waals surface area contributed by atoms with Gasteiger partial charge in [-0.05, 0) is 6.07 Å². The molecule has 4 nitrogen and oxygen atoms in total. The van der Waals surface area contributed by atoms with Crippen LogP contribution in [0.1, 0.15) is 13.8 Å². The summed E-state index contributed by atoms with van der Waals surface area (Å²) in [5, 5.41) is 18.4. The molecule has 0 fully saturated rings. The summed E-state index contributed by atoms with van der Waals surface area (Å²) in [5.74, 6) is 0.999. The van der Waals surface area contributed by atoms with Crippen LogP contribution in [0, 0.1) is 5.41 Å². The Bertz CT molecular complexity index is 390. The highest BCUT2D eigenvalue weighted by Gasteiger charge is 2.28. The standard InChI is InChI=1S/C11H15BO4/c1-11(2)6-15-9-5-3-4-8(12(13)14)10(9)16-7-11/h3-5,13-14H,6-7H2,1-2H3. The highest BCUT2D eigenvalue weighted by atomic mass is 16.5. The predicted molar refractivity (Wildman–Crippen MR) is 61.0 cm³/mol. The fourth-order valence-electron chi connectivity index (χ4n) is 1.59. The van der Waals surface area contributed by atoms with E-state index in [0.29, 0.717) is 30.2 Å². The highest BCUT2D eigenvalue weighted by Crippen LogP contribution is 2.31. The van der Waals surface area contributed by atoms with E-state index < -0.39 is 7.12 Å². The lowest BCUT2D eigenvalue weighted by molar-refractivity contribution is 0.140. The minimum atomic E-state index is -1.54. The normalized spacial score (nSPS) is 17.8. The zero-order valence-electron chi connectivity index (χ0n) is 9.43. The van der Waals surface area contributed by atoms with Gasteiger partial charge in [0.15, 0.2) is 11.5 Å². The molecule has 1 heterocycles. The number of fused-ring (bicyclic) bond motifs is 1. The number of benzene rings is 1. The minimum absolute atomic E-state index is 0.0866. The first kappa shape index (κ1) is 11.3. The Morgan fingerprint density at radius 2 is 1.88 bits per heavy atom. The lowest BCUT2D eigenvalue weighted by Crippen LogP contribution is -2.32. The van der Waals surface area contributed by atoms with Crippen molar-refractivity contribution in [1.82, 2.24) is 0 Å². The quantitative estimate of drug-likeness (QED) is 0.664. The highest BCUT2D eigenvalue weighted by molar-refractivity contribution is 6.59. The molecule has 0 unspecified atom stereocenters. The number of para-hydroxylation sites is 1. The van der Waals surface area contributed by atoms with Crippen molar-refractivity contribution < 1.29 is 19.5 Å². The van der Waals surface area contributed by atoms with E-state index in [4.69, 9.17) is 9.47 Å². The van der Waals surface area contributed by atoms with Gasteiger partial charge in [-0.2, -0.15) is 0 Å². The van der Waals surface area contributed by atoms with E-state index in [1.54, 1.807) is 18.2 Å². The second-order valence-corrected chi connectivity index (χ2v) is 4.79. The molecule has 0 spiro atoms. The Balaban J connectivity index is 2.38.